The van der Waals surface area contributed by atoms with E-state index in [9.17, 15) is 9.18 Å². The van der Waals surface area contributed by atoms with E-state index >= 15 is 0 Å². The summed E-state index contributed by atoms with van der Waals surface area (Å²) in [5, 5.41) is 8.38. The molecule has 4 aromatic rings. The van der Waals surface area contributed by atoms with Gasteiger partial charge in [0.15, 0.2) is 11.5 Å². The van der Waals surface area contributed by atoms with Crippen LogP contribution in [0.4, 0.5) is 4.39 Å². The maximum atomic E-state index is 13.3. The number of hydrogen-bond donors (Lipinski definition) is 0. The number of hydrogen-bond acceptors (Lipinski definition) is 4. The highest BCUT2D eigenvalue weighted by Crippen LogP contribution is 2.35. The molecular formula is C24H21FN4O2. The summed E-state index contributed by atoms with van der Waals surface area (Å²) < 4.78 is 20.4. The van der Waals surface area contributed by atoms with E-state index in [0.717, 1.165) is 16.8 Å². The number of rotatable bonds is 3. The van der Waals surface area contributed by atoms with Crippen LogP contribution in [0.1, 0.15) is 38.8 Å². The highest BCUT2D eigenvalue weighted by atomic mass is 19.1. The van der Waals surface area contributed by atoms with Gasteiger partial charge in [0, 0.05) is 48.9 Å². The molecule has 1 aliphatic heterocycles. The Morgan fingerprint density at radius 2 is 1.90 bits per heavy atom. The number of carbonyl (C=O) groups is 1. The molecule has 2 aromatic carbocycles. The highest BCUT2D eigenvalue weighted by Gasteiger charge is 2.32. The normalized spacial score (nSPS) is 15.7. The van der Waals surface area contributed by atoms with Gasteiger partial charge < -0.3 is 9.42 Å². The zero-order valence-corrected chi connectivity index (χ0v) is 17.2. The molecule has 0 radical (unpaired) electrons. The Morgan fingerprint density at radius 1 is 1.13 bits per heavy atom. The molecule has 1 unspecified atom stereocenters. The molecule has 156 valence electrons. The summed E-state index contributed by atoms with van der Waals surface area (Å²) >= 11 is 0. The van der Waals surface area contributed by atoms with Crippen LogP contribution in [-0.2, 0) is 13.6 Å². The zero-order chi connectivity index (χ0) is 21.5. The van der Waals surface area contributed by atoms with E-state index in [1.165, 1.54) is 17.7 Å². The van der Waals surface area contributed by atoms with Gasteiger partial charge in [-0.05, 0) is 42.3 Å². The fourth-order valence-electron chi connectivity index (χ4n) is 4.17. The average Bonchev–Trinajstić information content (AvgIpc) is 3.40. The molecule has 1 amide bonds. The largest absolute Gasteiger partial charge is 0.355 e. The second kappa shape index (κ2) is 7.50. The quantitative estimate of drug-likeness (QED) is 0.499. The summed E-state index contributed by atoms with van der Waals surface area (Å²) in [5.74, 6) is -0.0621. The van der Waals surface area contributed by atoms with Gasteiger partial charge in [0.2, 0.25) is 0 Å². The summed E-state index contributed by atoms with van der Waals surface area (Å²) in [5.41, 5.74) is 5.42. The number of carbonyl (C=O) groups excluding carboxylic acids is 1. The lowest BCUT2D eigenvalue weighted by Gasteiger charge is -2.34. The van der Waals surface area contributed by atoms with E-state index < -0.39 is 0 Å². The number of amides is 1. The van der Waals surface area contributed by atoms with Crippen molar-refractivity contribution in [3.05, 3.63) is 94.7 Å². The third-order valence-electron chi connectivity index (χ3n) is 5.99. The fourth-order valence-corrected chi connectivity index (χ4v) is 4.17. The Bertz CT molecular complexity index is 1260. The Morgan fingerprint density at radius 3 is 2.65 bits per heavy atom. The standard InChI is InChI=1S/C24H21FN4O2/c1-15-20(12-26-28(15)2)21-14-29(13-17-5-3-4-6-19(17)21)24(30)22-11-23(31-27-22)16-7-9-18(25)10-8-16/h3-12,21H,13-14H2,1-2H3. The van der Waals surface area contributed by atoms with Crippen molar-refractivity contribution in [3.63, 3.8) is 0 Å². The molecule has 1 atom stereocenters. The number of aryl methyl sites for hydroxylation is 1. The number of halogens is 1. The number of fused-ring (bicyclic) bond motifs is 1. The minimum Gasteiger partial charge on any atom is -0.355 e. The van der Waals surface area contributed by atoms with Crippen LogP contribution >= 0.6 is 0 Å². The van der Waals surface area contributed by atoms with Gasteiger partial charge in [0.25, 0.3) is 5.91 Å². The van der Waals surface area contributed by atoms with Gasteiger partial charge in [-0.15, -0.1) is 0 Å². The Kier molecular flexibility index (Phi) is 4.66. The summed E-state index contributed by atoms with van der Waals surface area (Å²) in [4.78, 5) is 15.1. The fraction of sp³-hybridized carbons (Fsp3) is 0.208. The highest BCUT2D eigenvalue weighted by molar-refractivity contribution is 5.93. The van der Waals surface area contributed by atoms with Crippen molar-refractivity contribution in [1.29, 1.82) is 0 Å². The minimum absolute atomic E-state index is 0.0334. The molecule has 0 N–H and O–H groups in total. The summed E-state index contributed by atoms with van der Waals surface area (Å²) in [6.45, 7) is 3.07. The number of nitrogens with zero attached hydrogens (tertiary/aromatic N) is 4. The first kappa shape index (κ1) is 19.2. The molecule has 31 heavy (non-hydrogen) atoms. The predicted octanol–water partition coefficient (Wildman–Crippen LogP) is 4.31. The lowest BCUT2D eigenvalue weighted by atomic mass is 9.85. The monoisotopic (exact) mass is 416 g/mol. The lowest BCUT2D eigenvalue weighted by molar-refractivity contribution is 0.0714. The van der Waals surface area contributed by atoms with E-state index in [4.69, 9.17) is 4.52 Å². The summed E-state index contributed by atoms with van der Waals surface area (Å²) in [6, 6.07) is 15.7. The van der Waals surface area contributed by atoms with Crippen LogP contribution < -0.4 is 0 Å². The molecule has 2 aromatic heterocycles. The topological polar surface area (TPSA) is 64.2 Å². The average molecular weight is 416 g/mol. The first-order valence-corrected chi connectivity index (χ1v) is 10.1. The van der Waals surface area contributed by atoms with Crippen molar-refractivity contribution in [3.8, 4) is 11.3 Å². The molecule has 0 aliphatic carbocycles. The summed E-state index contributed by atoms with van der Waals surface area (Å²) in [6.07, 6.45) is 1.88. The van der Waals surface area contributed by atoms with Crippen LogP contribution in [-0.4, -0.2) is 32.3 Å². The second-order valence-electron chi connectivity index (χ2n) is 7.83. The molecular weight excluding hydrogens is 395 g/mol. The maximum absolute atomic E-state index is 13.3. The molecule has 0 spiro atoms. The van der Waals surface area contributed by atoms with Crippen molar-refractivity contribution in [2.24, 2.45) is 7.05 Å². The van der Waals surface area contributed by atoms with Gasteiger partial charge in [-0.3, -0.25) is 9.48 Å². The Hall–Kier alpha value is -3.74. The molecule has 1 aliphatic rings. The predicted molar refractivity (Wildman–Crippen MR) is 113 cm³/mol. The van der Waals surface area contributed by atoms with Crippen LogP contribution in [0.3, 0.4) is 0 Å². The summed E-state index contributed by atoms with van der Waals surface area (Å²) in [7, 11) is 1.92. The number of benzene rings is 2. The van der Waals surface area contributed by atoms with Crippen molar-refractivity contribution in [2.75, 3.05) is 6.54 Å². The molecule has 7 heteroatoms. The van der Waals surface area contributed by atoms with Crippen LogP contribution in [0, 0.1) is 12.7 Å². The smallest absolute Gasteiger partial charge is 0.276 e. The molecule has 5 rings (SSSR count). The van der Waals surface area contributed by atoms with E-state index in [1.807, 2.05) is 37.0 Å². The van der Waals surface area contributed by atoms with Gasteiger partial charge in [-0.25, -0.2) is 4.39 Å². The van der Waals surface area contributed by atoms with Gasteiger partial charge in [0.1, 0.15) is 5.82 Å². The number of aromatic nitrogens is 3. The van der Waals surface area contributed by atoms with Crippen LogP contribution in [0.25, 0.3) is 11.3 Å². The van der Waals surface area contributed by atoms with Crippen molar-refractivity contribution < 1.29 is 13.7 Å². The Balaban J connectivity index is 1.46. The van der Waals surface area contributed by atoms with Crippen LogP contribution in [0.2, 0.25) is 0 Å². The third kappa shape index (κ3) is 3.42. The van der Waals surface area contributed by atoms with Crippen LogP contribution in [0.15, 0.2) is 65.3 Å². The van der Waals surface area contributed by atoms with Crippen molar-refractivity contribution in [1.82, 2.24) is 19.8 Å². The van der Waals surface area contributed by atoms with E-state index in [0.29, 0.717) is 24.4 Å². The molecule has 0 bridgehead atoms. The lowest BCUT2D eigenvalue weighted by Crippen LogP contribution is -2.38. The molecule has 0 saturated heterocycles. The van der Waals surface area contributed by atoms with Gasteiger partial charge in [0.05, 0.1) is 6.20 Å². The maximum Gasteiger partial charge on any atom is 0.276 e. The Labute approximate surface area is 178 Å². The first-order valence-electron chi connectivity index (χ1n) is 10.1. The van der Waals surface area contributed by atoms with Crippen molar-refractivity contribution >= 4 is 5.91 Å². The van der Waals surface area contributed by atoms with E-state index in [1.54, 1.807) is 23.1 Å². The SMILES string of the molecule is Cc1c(C2CN(C(=O)c3cc(-c4ccc(F)cc4)on3)Cc3ccccc32)cnn1C. The van der Waals surface area contributed by atoms with Crippen LogP contribution in [0.5, 0.6) is 0 Å². The van der Waals surface area contributed by atoms with Gasteiger partial charge in [-0.2, -0.15) is 5.10 Å². The van der Waals surface area contributed by atoms with E-state index in [-0.39, 0.29) is 23.3 Å². The van der Waals surface area contributed by atoms with Gasteiger partial charge in [-0.1, -0.05) is 29.4 Å². The minimum atomic E-state index is -0.330. The first-order chi connectivity index (χ1) is 15.0. The molecule has 3 heterocycles. The van der Waals surface area contributed by atoms with Crippen molar-refractivity contribution in [2.45, 2.75) is 19.4 Å². The molecule has 0 saturated carbocycles. The third-order valence-corrected chi connectivity index (χ3v) is 5.99. The molecule has 0 fully saturated rings. The van der Waals surface area contributed by atoms with E-state index in [2.05, 4.69) is 22.4 Å². The van der Waals surface area contributed by atoms with Gasteiger partial charge >= 0.3 is 0 Å². The second-order valence-corrected chi connectivity index (χ2v) is 7.83. The molecule has 6 nitrogen and oxygen atoms in total. The zero-order valence-electron chi connectivity index (χ0n) is 17.2.